The van der Waals surface area contributed by atoms with E-state index in [1.807, 2.05) is 45.0 Å². The monoisotopic (exact) mass is 251 g/mol. The van der Waals surface area contributed by atoms with Crippen LogP contribution < -0.4 is 10.5 Å². The van der Waals surface area contributed by atoms with E-state index in [-0.39, 0.29) is 5.60 Å². The molecule has 0 aromatic heterocycles. The fourth-order valence-electron chi connectivity index (χ4n) is 1.52. The van der Waals surface area contributed by atoms with Gasteiger partial charge in [-0.2, -0.15) is 0 Å². The van der Waals surface area contributed by atoms with Crippen LogP contribution in [0.2, 0.25) is 0 Å². The zero-order valence-electron chi connectivity index (χ0n) is 11.1. The fraction of sp³-hybridized carbons (Fsp3) is 0.500. The highest BCUT2D eigenvalue weighted by molar-refractivity contribution is 5.73. The molecule has 0 saturated heterocycles. The second-order valence-corrected chi connectivity index (χ2v) is 5.34. The number of aryl methyl sites for hydroxylation is 1. The summed E-state index contributed by atoms with van der Waals surface area (Å²) in [4.78, 5) is 10.6. The Bertz CT molecular complexity index is 392. The number of carboxylic acids is 1. The van der Waals surface area contributed by atoms with Crippen LogP contribution in [-0.4, -0.2) is 22.7 Å². The Morgan fingerprint density at radius 1 is 1.33 bits per heavy atom. The van der Waals surface area contributed by atoms with Crippen LogP contribution in [0.3, 0.4) is 0 Å². The van der Waals surface area contributed by atoms with Crippen molar-refractivity contribution in [1.82, 2.24) is 0 Å². The minimum atomic E-state index is -0.956. The van der Waals surface area contributed by atoms with Crippen molar-refractivity contribution in [1.29, 1.82) is 0 Å². The molecule has 4 heteroatoms. The van der Waals surface area contributed by atoms with Gasteiger partial charge in [0.2, 0.25) is 0 Å². The molecule has 0 aliphatic rings. The van der Waals surface area contributed by atoms with Crippen LogP contribution in [0.15, 0.2) is 24.3 Å². The van der Waals surface area contributed by atoms with Crippen LogP contribution in [0, 0.1) is 0 Å². The van der Waals surface area contributed by atoms with Gasteiger partial charge in [0, 0.05) is 0 Å². The molecule has 3 N–H and O–H groups in total. The number of hydrogen-bond donors (Lipinski definition) is 2. The van der Waals surface area contributed by atoms with E-state index in [0.717, 1.165) is 11.3 Å². The average Bonchev–Trinajstić information content (AvgIpc) is 2.25. The molecular formula is C14H21NO3. The number of carboxylic acid groups (broad SMARTS) is 1. The molecule has 1 atom stereocenters. The number of ether oxygens (including phenoxy) is 1. The lowest BCUT2D eigenvalue weighted by atomic mass is 10.1. The Labute approximate surface area is 108 Å². The first-order valence-electron chi connectivity index (χ1n) is 6.04. The maximum Gasteiger partial charge on any atom is 0.320 e. The van der Waals surface area contributed by atoms with Crippen LogP contribution in [0.1, 0.15) is 32.8 Å². The Kier molecular flexibility index (Phi) is 4.73. The summed E-state index contributed by atoms with van der Waals surface area (Å²) in [5, 5.41) is 8.69. The van der Waals surface area contributed by atoms with E-state index in [4.69, 9.17) is 15.6 Å². The molecular weight excluding hydrogens is 230 g/mol. The van der Waals surface area contributed by atoms with Crippen LogP contribution in [0.5, 0.6) is 5.75 Å². The number of aliphatic carboxylic acids is 1. The number of hydrogen-bond acceptors (Lipinski definition) is 3. The quantitative estimate of drug-likeness (QED) is 0.841. The molecule has 18 heavy (non-hydrogen) atoms. The predicted molar refractivity (Wildman–Crippen MR) is 70.8 cm³/mol. The van der Waals surface area contributed by atoms with E-state index >= 15 is 0 Å². The van der Waals surface area contributed by atoms with Crippen molar-refractivity contribution >= 4 is 5.97 Å². The summed E-state index contributed by atoms with van der Waals surface area (Å²) in [6.45, 7) is 5.98. The van der Waals surface area contributed by atoms with E-state index in [1.54, 1.807) is 0 Å². The van der Waals surface area contributed by atoms with Gasteiger partial charge in [0.25, 0.3) is 0 Å². The van der Waals surface area contributed by atoms with E-state index < -0.39 is 12.0 Å². The highest BCUT2D eigenvalue weighted by Crippen LogP contribution is 2.19. The van der Waals surface area contributed by atoms with Gasteiger partial charge in [0.15, 0.2) is 0 Å². The Balaban J connectivity index is 2.53. The summed E-state index contributed by atoms with van der Waals surface area (Å²) >= 11 is 0. The third-order valence-electron chi connectivity index (χ3n) is 2.41. The normalized spacial score (nSPS) is 13.1. The van der Waals surface area contributed by atoms with Crippen LogP contribution in [0.4, 0.5) is 0 Å². The molecule has 4 nitrogen and oxygen atoms in total. The van der Waals surface area contributed by atoms with Gasteiger partial charge in [-0.25, -0.2) is 0 Å². The van der Waals surface area contributed by atoms with Gasteiger partial charge in [0.05, 0.1) is 0 Å². The molecule has 0 heterocycles. The lowest BCUT2D eigenvalue weighted by Crippen LogP contribution is -2.30. The molecule has 0 aliphatic carbocycles. The Hall–Kier alpha value is -1.55. The smallest absolute Gasteiger partial charge is 0.320 e. The second-order valence-electron chi connectivity index (χ2n) is 5.34. The zero-order chi connectivity index (χ0) is 13.8. The summed E-state index contributed by atoms with van der Waals surface area (Å²) in [6.07, 6.45) is 1.10. The van der Waals surface area contributed by atoms with Crippen LogP contribution >= 0.6 is 0 Å². The summed E-state index contributed by atoms with van der Waals surface area (Å²) in [7, 11) is 0. The van der Waals surface area contributed by atoms with Crippen LogP contribution in [0.25, 0.3) is 0 Å². The summed E-state index contributed by atoms with van der Waals surface area (Å²) < 4.78 is 5.70. The standard InChI is InChI=1S/C14H21NO3/c1-14(2,3)18-11-7-4-10(5-8-11)6-9-12(15)13(16)17/h4-5,7-8,12H,6,9,15H2,1-3H3,(H,16,17). The number of benzene rings is 1. The number of carbonyl (C=O) groups is 1. The fourth-order valence-corrected chi connectivity index (χ4v) is 1.52. The Morgan fingerprint density at radius 2 is 1.89 bits per heavy atom. The molecule has 0 bridgehead atoms. The van der Waals surface area contributed by atoms with Crippen molar-refractivity contribution in [3.8, 4) is 5.75 Å². The van der Waals surface area contributed by atoms with Gasteiger partial charge >= 0.3 is 5.97 Å². The van der Waals surface area contributed by atoms with Crippen molar-refractivity contribution in [2.45, 2.75) is 45.3 Å². The molecule has 0 aliphatic heterocycles. The molecule has 0 spiro atoms. The summed E-state index contributed by atoms with van der Waals surface area (Å²) in [6, 6.07) is 6.88. The topological polar surface area (TPSA) is 72.5 Å². The average molecular weight is 251 g/mol. The third-order valence-corrected chi connectivity index (χ3v) is 2.41. The van der Waals surface area contributed by atoms with Crippen molar-refractivity contribution in [3.63, 3.8) is 0 Å². The molecule has 100 valence electrons. The van der Waals surface area contributed by atoms with E-state index in [2.05, 4.69) is 0 Å². The molecule has 1 rings (SSSR count). The zero-order valence-corrected chi connectivity index (χ0v) is 11.1. The molecule has 1 aromatic rings. The number of nitrogens with two attached hydrogens (primary N) is 1. The molecule has 1 aromatic carbocycles. The predicted octanol–water partition coefficient (Wildman–Crippen LogP) is 2.21. The lowest BCUT2D eigenvalue weighted by Gasteiger charge is -2.21. The maximum absolute atomic E-state index is 10.6. The number of rotatable bonds is 5. The van der Waals surface area contributed by atoms with Crippen molar-refractivity contribution < 1.29 is 14.6 Å². The van der Waals surface area contributed by atoms with Gasteiger partial charge in [-0.3, -0.25) is 4.79 Å². The Morgan fingerprint density at radius 3 is 2.33 bits per heavy atom. The third kappa shape index (κ3) is 5.19. The van der Waals surface area contributed by atoms with Gasteiger partial charge in [0.1, 0.15) is 17.4 Å². The van der Waals surface area contributed by atoms with Crippen molar-refractivity contribution in [2.75, 3.05) is 0 Å². The second kappa shape index (κ2) is 5.87. The highest BCUT2D eigenvalue weighted by atomic mass is 16.5. The van der Waals surface area contributed by atoms with Gasteiger partial charge in [-0.15, -0.1) is 0 Å². The van der Waals surface area contributed by atoms with Crippen molar-refractivity contribution in [3.05, 3.63) is 29.8 Å². The highest BCUT2D eigenvalue weighted by Gasteiger charge is 2.12. The minimum Gasteiger partial charge on any atom is -0.488 e. The largest absolute Gasteiger partial charge is 0.488 e. The maximum atomic E-state index is 10.6. The molecule has 0 radical (unpaired) electrons. The van der Waals surface area contributed by atoms with Crippen molar-refractivity contribution in [2.24, 2.45) is 5.73 Å². The van der Waals surface area contributed by atoms with Gasteiger partial charge < -0.3 is 15.6 Å². The molecule has 0 amide bonds. The van der Waals surface area contributed by atoms with E-state index in [0.29, 0.717) is 12.8 Å². The minimum absolute atomic E-state index is 0.215. The first kappa shape index (κ1) is 14.5. The van der Waals surface area contributed by atoms with E-state index in [9.17, 15) is 4.79 Å². The SMILES string of the molecule is CC(C)(C)Oc1ccc(CCC(N)C(=O)O)cc1. The van der Waals surface area contributed by atoms with Gasteiger partial charge in [-0.05, 0) is 51.3 Å². The van der Waals surface area contributed by atoms with E-state index in [1.165, 1.54) is 0 Å². The lowest BCUT2D eigenvalue weighted by molar-refractivity contribution is -0.138. The first-order chi connectivity index (χ1) is 8.28. The molecule has 1 unspecified atom stereocenters. The first-order valence-corrected chi connectivity index (χ1v) is 6.04. The van der Waals surface area contributed by atoms with Gasteiger partial charge in [-0.1, -0.05) is 12.1 Å². The summed E-state index contributed by atoms with van der Waals surface area (Å²) in [5.74, 6) is -0.142. The molecule has 0 fully saturated rings. The van der Waals surface area contributed by atoms with Crippen LogP contribution in [-0.2, 0) is 11.2 Å². The summed E-state index contributed by atoms with van der Waals surface area (Å²) in [5.41, 5.74) is 6.30. The molecule has 0 saturated carbocycles.